The van der Waals surface area contributed by atoms with Crippen LogP contribution in [0.25, 0.3) is 0 Å². The van der Waals surface area contributed by atoms with E-state index in [1.54, 1.807) is 0 Å². The van der Waals surface area contributed by atoms with Crippen LogP contribution in [0.2, 0.25) is 0 Å². The van der Waals surface area contributed by atoms with Crippen molar-refractivity contribution in [3.63, 3.8) is 0 Å². The molecular formula is C14H21ClN2O. The monoisotopic (exact) mass is 268 g/mol. The van der Waals surface area contributed by atoms with E-state index >= 15 is 0 Å². The van der Waals surface area contributed by atoms with Gasteiger partial charge in [-0.3, -0.25) is 4.79 Å². The van der Waals surface area contributed by atoms with Crippen LogP contribution in [0.5, 0.6) is 0 Å². The second-order valence-electron chi connectivity index (χ2n) is 4.97. The van der Waals surface area contributed by atoms with Crippen molar-refractivity contribution in [1.29, 1.82) is 0 Å². The summed E-state index contributed by atoms with van der Waals surface area (Å²) in [5, 5.41) is 0. The lowest BCUT2D eigenvalue weighted by molar-refractivity contribution is 0.0785. The minimum Gasteiger partial charge on any atom is -0.338 e. The first-order chi connectivity index (χ1) is 8.09. The van der Waals surface area contributed by atoms with Crippen LogP contribution < -0.4 is 5.73 Å². The van der Waals surface area contributed by atoms with E-state index in [-0.39, 0.29) is 24.4 Å². The van der Waals surface area contributed by atoms with Gasteiger partial charge in [0.2, 0.25) is 0 Å². The molecule has 0 aromatic heterocycles. The molecule has 1 saturated heterocycles. The zero-order chi connectivity index (χ0) is 12.4. The van der Waals surface area contributed by atoms with Gasteiger partial charge in [0.15, 0.2) is 0 Å². The molecule has 2 rings (SSSR count). The van der Waals surface area contributed by atoms with Crippen LogP contribution in [-0.2, 0) is 0 Å². The van der Waals surface area contributed by atoms with Gasteiger partial charge in [0.25, 0.3) is 5.91 Å². The van der Waals surface area contributed by atoms with Gasteiger partial charge in [-0.1, -0.05) is 18.2 Å². The largest absolute Gasteiger partial charge is 0.338 e. The lowest BCUT2D eigenvalue weighted by Crippen LogP contribution is -2.33. The molecule has 1 aliphatic heterocycles. The molecule has 4 heteroatoms. The molecular weight excluding hydrogens is 248 g/mol. The Hall–Kier alpha value is -1.06. The van der Waals surface area contributed by atoms with Crippen molar-refractivity contribution in [2.45, 2.75) is 26.3 Å². The fraction of sp³-hybridized carbons (Fsp3) is 0.500. The van der Waals surface area contributed by atoms with Crippen LogP contribution in [0.1, 0.15) is 29.3 Å². The summed E-state index contributed by atoms with van der Waals surface area (Å²) in [6.45, 7) is 5.63. The van der Waals surface area contributed by atoms with Crippen molar-refractivity contribution < 1.29 is 4.79 Å². The molecule has 1 amide bonds. The molecule has 0 aliphatic carbocycles. The number of carbonyl (C=O) groups is 1. The number of rotatable bonds is 2. The molecule has 1 aromatic rings. The molecule has 2 unspecified atom stereocenters. The van der Waals surface area contributed by atoms with Gasteiger partial charge in [-0.05, 0) is 37.8 Å². The van der Waals surface area contributed by atoms with Crippen molar-refractivity contribution in [2.24, 2.45) is 11.7 Å². The lowest BCUT2D eigenvalue weighted by atomic mass is 10.0. The highest BCUT2D eigenvalue weighted by Crippen LogP contribution is 2.21. The number of aryl methyl sites for hydroxylation is 1. The minimum absolute atomic E-state index is 0. The fourth-order valence-corrected chi connectivity index (χ4v) is 2.38. The number of nitrogens with two attached hydrogens (primary N) is 1. The predicted molar refractivity (Wildman–Crippen MR) is 76.1 cm³/mol. The molecule has 2 atom stereocenters. The Morgan fingerprint density at radius 3 is 2.67 bits per heavy atom. The average molecular weight is 269 g/mol. The Kier molecular flexibility index (Phi) is 5.17. The molecule has 1 aromatic carbocycles. The van der Waals surface area contributed by atoms with E-state index in [2.05, 4.69) is 0 Å². The van der Waals surface area contributed by atoms with Crippen LogP contribution >= 0.6 is 12.4 Å². The van der Waals surface area contributed by atoms with E-state index in [0.29, 0.717) is 5.92 Å². The third-order valence-electron chi connectivity index (χ3n) is 3.63. The van der Waals surface area contributed by atoms with Crippen LogP contribution in [0.3, 0.4) is 0 Å². The molecule has 18 heavy (non-hydrogen) atoms. The Balaban J connectivity index is 0.00000162. The standard InChI is InChI=1S/C14H20N2O.ClH/c1-10-5-3-4-6-13(10)14(17)16-8-7-12(9-16)11(2)15;/h3-6,11-12H,7-9,15H2,1-2H3;1H. The van der Waals surface area contributed by atoms with Gasteiger partial charge in [-0.25, -0.2) is 0 Å². The highest BCUT2D eigenvalue weighted by molar-refractivity contribution is 5.95. The van der Waals surface area contributed by atoms with Crippen molar-refractivity contribution >= 4 is 18.3 Å². The summed E-state index contributed by atoms with van der Waals surface area (Å²) in [6, 6.07) is 7.92. The summed E-state index contributed by atoms with van der Waals surface area (Å²) in [4.78, 5) is 14.2. The number of halogens is 1. The summed E-state index contributed by atoms with van der Waals surface area (Å²) >= 11 is 0. The maximum absolute atomic E-state index is 12.3. The summed E-state index contributed by atoms with van der Waals surface area (Å²) in [7, 11) is 0. The highest BCUT2D eigenvalue weighted by atomic mass is 35.5. The molecule has 100 valence electrons. The topological polar surface area (TPSA) is 46.3 Å². The Morgan fingerprint density at radius 1 is 1.44 bits per heavy atom. The third kappa shape index (κ3) is 3.03. The number of likely N-dealkylation sites (tertiary alicyclic amines) is 1. The van der Waals surface area contributed by atoms with Gasteiger partial charge in [0.1, 0.15) is 0 Å². The Morgan fingerprint density at radius 2 is 2.11 bits per heavy atom. The van der Waals surface area contributed by atoms with E-state index in [0.717, 1.165) is 30.6 Å². The van der Waals surface area contributed by atoms with Gasteiger partial charge < -0.3 is 10.6 Å². The van der Waals surface area contributed by atoms with Crippen molar-refractivity contribution in [3.05, 3.63) is 35.4 Å². The highest BCUT2D eigenvalue weighted by Gasteiger charge is 2.29. The Bertz CT molecular complexity index is 420. The third-order valence-corrected chi connectivity index (χ3v) is 3.63. The van der Waals surface area contributed by atoms with E-state index in [1.807, 2.05) is 43.0 Å². The van der Waals surface area contributed by atoms with E-state index in [9.17, 15) is 4.79 Å². The molecule has 1 fully saturated rings. The summed E-state index contributed by atoms with van der Waals surface area (Å²) < 4.78 is 0. The van der Waals surface area contributed by atoms with Gasteiger partial charge >= 0.3 is 0 Å². The van der Waals surface area contributed by atoms with Crippen molar-refractivity contribution in [3.8, 4) is 0 Å². The van der Waals surface area contributed by atoms with Gasteiger partial charge in [0, 0.05) is 24.7 Å². The van der Waals surface area contributed by atoms with Gasteiger partial charge in [-0.15, -0.1) is 12.4 Å². The maximum atomic E-state index is 12.3. The lowest BCUT2D eigenvalue weighted by Gasteiger charge is -2.19. The smallest absolute Gasteiger partial charge is 0.254 e. The zero-order valence-corrected chi connectivity index (χ0v) is 11.7. The van der Waals surface area contributed by atoms with E-state index in [1.165, 1.54) is 0 Å². The first-order valence-electron chi connectivity index (χ1n) is 6.20. The molecule has 2 N–H and O–H groups in total. The van der Waals surface area contributed by atoms with Crippen LogP contribution in [0.15, 0.2) is 24.3 Å². The zero-order valence-electron chi connectivity index (χ0n) is 10.9. The first kappa shape index (κ1) is 15.0. The summed E-state index contributed by atoms with van der Waals surface area (Å²) in [6.07, 6.45) is 1.02. The molecule has 1 heterocycles. The quantitative estimate of drug-likeness (QED) is 0.894. The molecule has 0 bridgehead atoms. The van der Waals surface area contributed by atoms with Crippen LogP contribution in [0.4, 0.5) is 0 Å². The van der Waals surface area contributed by atoms with E-state index in [4.69, 9.17) is 5.73 Å². The van der Waals surface area contributed by atoms with Gasteiger partial charge in [0.05, 0.1) is 0 Å². The minimum atomic E-state index is 0. The normalized spacial score (nSPS) is 20.4. The maximum Gasteiger partial charge on any atom is 0.254 e. The number of nitrogens with zero attached hydrogens (tertiary/aromatic N) is 1. The van der Waals surface area contributed by atoms with Gasteiger partial charge in [-0.2, -0.15) is 0 Å². The summed E-state index contributed by atoms with van der Waals surface area (Å²) in [5.41, 5.74) is 7.75. The van der Waals surface area contributed by atoms with E-state index < -0.39 is 0 Å². The molecule has 0 saturated carbocycles. The van der Waals surface area contributed by atoms with Crippen molar-refractivity contribution in [2.75, 3.05) is 13.1 Å². The predicted octanol–water partition coefficient (Wildman–Crippen LogP) is 2.23. The fourth-order valence-electron chi connectivity index (χ4n) is 2.38. The number of amides is 1. The van der Waals surface area contributed by atoms with Crippen LogP contribution in [0, 0.1) is 12.8 Å². The second-order valence-corrected chi connectivity index (χ2v) is 4.97. The summed E-state index contributed by atoms with van der Waals surface area (Å²) in [5.74, 6) is 0.592. The second kappa shape index (κ2) is 6.21. The number of benzene rings is 1. The average Bonchev–Trinajstić information content (AvgIpc) is 2.78. The van der Waals surface area contributed by atoms with Crippen molar-refractivity contribution in [1.82, 2.24) is 4.90 Å². The SMILES string of the molecule is Cc1ccccc1C(=O)N1CCC(C(C)N)C1.Cl. The molecule has 1 aliphatic rings. The van der Waals surface area contributed by atoms with Crippen LogP contribution in [-0.4, -0.2) is 29.9 Å². The molecule has 0 spiro atoms. The Labute approximate surface area is 115 Å². The number of hydrogen-bond donors (Lipinski definition) is 1. The number of hydrogen-bond acceptors (Lipinski definition) is 2. The number of carbonyl (C=O) groups excluding carboxylic acids is 1. The molecule has 3 nitrogen and oxygen atoms in total. The molecule has 0 radical (unpaired) electrons. The first-order valence-corrected chi connectivity index (χ1v) is 6.20.